The van der Waals surface area contributed by atoms with Crippen LogP contribution < -0.4 is 10.1 Å². The first-order chi connectivity index (χ1) is 17.9. The fourth-order valence-corrected chi connectivity index (χ4v) is 5.47. The van der Waals surface area contributed by atoms with Gasteiger partial charge in [0, 0.05) is 28.7 Å². The number of urea groups is 1. The summed E-state index contributed by atoms with van der Waals surface area (Å²) < 4.78 is 20.0. The van der Waals surface area contributed by atoms with Crippen molar-refractivity contribution in [3.05, 3.63) is 81.3 Å². The quantitative estimate of drug-likeness (QED) is 0.329. The van der Waals surface area contributed by atoms with Gasteiger partial charge in [-0.1, -0.05) is 50.1 Å². The van der Waals surface area contributed by atoms with Gasteiger partial charge in [0.1, 0.15) is 13.2 Å². The predicted octanol–water partition coefficient (Wildman–Crippen LogP) is 6.63. The van der Waals surface area contributed by atoms with E-state index < -0.39 is 5.82 Å². The summed E-state index contributed by atoms with van der Waals surface area (Å²) in [6.45, 7) is 5.09. The van der Waals surface area contributed by atoms with E-state index in [1.165, 1.54) is 10.9 Å². The van der Waals surface area contributed by atoms with Crippen molar-refractivity contribution in [2.45, 2.75) is 32.7 Å². The summed E-state index contributed by atoms with van der Waals surface area (Å²) in [5, 5.41) is 5.38. The molecule has 1 aromatic heterocycles. The van der Waals surface area contributed by atoms with Crippen LogP contribution in [0.25, 0.3) is 0 Å². The Morgan fingerprint density at radius 1 is 1.24 bits per heavy atom. The molecule has 2 heterocycles. The number of fused-ring (bicyclic) bond motifs is 1. The zero-order valence-electron chi connectivity index (χ0n) is 21.0. The van der Waals surface area contributed by atoms with Crippen LogP contribution in [0.15, 0.2) is 60.0 Å². The van der Waals surface area contributed by atoms with Gasteiger partial charge in [-0.05, 0) is 59.7 Å². The van der Waals surface area contributed by atoms with Gasteiger partial charge in [0.05, 0.1) is 6.04 Å². The third-order valence-electron chi connectivity index (χ3n) is 6.57. The summed E-state index contributed by atoms with van der Waals surface area (Å²) in [5.74, 6) is -0.262. The first kappa shape index (κ1) is 26.9. The van der Waals surface area contributed by atoms with Gasteiger partial charge < -0.3 is 19.9 Å². The van der Waals surface area contributed by atoms with E-state index in [0.29, 0.717) is 23.8 Å². The molecule has 0 bridgehead atoms. The fourth-order valence-electron chi connectivity index (χ4n) is 4.35. The molecule has 0 saturated heterocycles. The van der Waals surface area contributed by atoms with Crippen LogP contribution in [0, 0.1) is 11.7 Å². The van der Waals surface area contributed by atoms with Crippen LogP contribution >= 0.6 is 22.9 Å². The number of para-hydroxylation sites is 1. The largest absolute Gasteiger partial charge is 0.488 e. The van der Waals surface area contributed by atoms with E-state index in [4.69, 9.17) is 16.3 Å². The van der Waals surface area contributed by atoms with Crippen molar-refractivity contribution in [1.29, 1.82) is 0 Å². The van der Waals surface area contributed by atoms with Crippen LogP contribution in [-0.2, 0) is 11.2 Å². The van der Waals surface area contributed by atoms with E-state index in [0.717, 1.165) is 18.4 Å². The number of nitrogens with one attached hydrogen (secondary N) is 1. The second-order valence-electron chi connectivity index (χ2n) is 9.23. The number of ether oxygens (including phenoxy) is 1. The lowest BCUT2D eigenvalue weighted by Gasteiger charge is -2.37. The van der Waals surface area contributed by atoms with Crippen LogP contribution in [0.2, 0.25) is 5.02 Å². The van der Waals surface area contributed by atoms with Crippen LogP contribution in [0.5, 0.6) is 5.75 Å². The lowest BCUT2D eigenvalue weighted by molar-refractivity contribution is -0.135. The lowest BCUT2D eigenvalue weighted by atomic mass is 10.00. The molecule has 0 unspecified atom stereocenters. The molecule has 37 heavy (non-hydrogen) atoms. The van der Waals surface area contributed by atoms with Crippen LogP contribution in [0.1, 0.15) is 36.8 Å². The summed E-state index contributed by atoms with van der Waals surface area (Å²) in [5.41, 5.74) is 1.58. The number of carbonyl (C=O) groups excluding carboxylic acids is 2. The van der Waals surface area contributed by atoms with Crippen molar-refractivity contribution in [3.63, 3.8) is 0 Å². The first-order valence-corrected chi connectivity index (χ1v) is 13.7. The Morgan fingerprint density at radius 3 is 2.81 bits per heavy atom. The van der Waals surface area contributed by atoms with Gasteiger partial charge in [0.25, 0.3) is 0 Å². The molecule has 1 aliphatic rings. The number of hydrogen-bond acceptors (Lipinski definition) is 4. The summed E-state index contributed by atoms with van der Waals surface area (Å²) in [4.78, 5) is 31.4. The molecule has 196 valence electrons. The van der Waals surface area contributed by atoms with Gasteiger partial charge in [-0.15, -0.1) is 11.3 Å². The minimum absolute atomic E-state index is 0.0770. The van der Waals surface area contributed by atoms with Gasteiger partial charge in [-0.3, -0.25) is 4.79 Å². The van der Waals surface area contributed by atoms with Gasteiger partial charge in [0.2, 0.25) is 5.91 Å². The number of nitrogens with zero attached hydrogens (tertiary/aromatic N) is 2. The number of carbonyl (C=O) groups is 2. The van der Waals surface area contributed by atoms with E-state index in [9.17, 15) is 14.0 Å². The van der Waals surface area contributed by atoms with Gasteiger partial charge in [-0.2, -0.15) is 0 Å². The number of hydrogen-bond donors (Lipinski definition) is 1. The standard InChI is InChI=1S/C28H31ClFN3O3S/c1-3-19(2)16-32(28(35)31-21-8-6-7-20(29)15-21)17-27(34)33-13-11-26-22(12-14-37-26)24(33)18-36-25-10-5-4-9-23(25)30/h4-10,12,14-15,19,24H,3,11,13,16-18H2,1-2H3,(H,31,35)/t19-,24-/m1/s1. The van der Waals surface area contributed by atoms with Gasteiger partial charge >= 0.3 is 6.03 Å². The molecule has 9 heteroatoms. The molecule has 1 N–H and O–H groups in total. The zero-order chi connectivity index (χ0) is 26.4. The topological polar surface area (TPSA) is 61.9 Å². The first-order valence-electron chi connectivity index (χ1n) is 12.4. The summed E-state index contributed by atoms with van der Waals surface area (Å²) in [6, 6.07) is 14.4. The highest BCUT2D eigenvalue weighted by atomic mass is 35.5. The monoisotopic (exact) mass is 543 g/mol. The highest BCUT2D eigenvalue weighted by molar-refractivity contribution is 7.10. The predicted molar refractivity (Wildman–Crippen MR) is 146 cm³/mol. The molecule has 0 saturated carbocycles. The highest BCUT2D eigenvalue weighted by Gasteiger charge is 2.34. The molecule has 2 aromatic carbocycles. The Bertz CT molecular complexity index is 1240. The molecule has 6 nitrogen and oxygen atoms in total. The summed E-state index contributed by atoms with van der Waals surface area (Å²) in [7, 11) is 0. The van der Waals surface area contributed by atoms with Crippen LogP contribution in [0.4, 0.5) is 14.9 Å². The van der Waals surface area contributed by atoms with Crippen molar-refractivity contribution >= 4 is 40.6 Å². The minimum Gasteiger partial charge on any atom is -0.488 e. The van der Waals surface area contributed by atoms with Crippen molar-refractivity contribution in [1.82, 2.24) is 9.80 Å². The highest BCUT2D eigenvalue weighted by Crippen LogP contribution is 2.34. The summed E-state index contributed by atoms with van der Waals surface area (Å²) >= 11 is 7.72. The van der Waals surface area contributed by atoms with E-state index in [1.54, 1.807) is 63.6 Å². The van der Waals surface area contributed by atoms with Gasteiger partial charge in [-0.25, -0.2) is 9.18 Å². The molecule has 0 spiro atoms. The Hall–Kier alpha value is -3.10. The molecule has 4 rings (SSSR count). The second kappa shape index (κ2) is 12.4. The van der Waals surface area contributed by atoms with E-state index in [2.05, 4.69) is 12.2 Å². The third-order valence-corrected chi connectivity index (χ3v) is 7.80. The maximum atomic E-state index is 14.2. The molecular weight excluding hydrogens is 513 g/mol. The van der Waals surface area contributed by atoms with E-state index in [1.807, 2.05) is 18.4 Å². The molecular formula is C28H31ClFN3O3S. The van der Waals surface area contributed by atoms with Crippen molar-refractivity contribution in [2.24, 2.45) is 5.92 Å². The average molecular weight is 544 g/mol. The Kier molecular flexibility index (Phi) is 9.05. The van der Waals surface area contributed by atoms with Crippen molar-refractivity contribution in [3.8, 4) is 5.75 Å². The van der Waals surface area contributed by atoms with Crippen LogP contribution in [-0.4, -0.2) is 48.0 Å². The molecule has 0 aliphatic carbocycles. The van der Waals surface area contributed by atoms with Crippen molar-refractivity contribution < 1.29 is 18.7 Å². The maximum absolute atomic E-state index is 14.2. The molecule has 2 atom stereocenters. The van der Waals surface area contributed by atoms with Gasteiger partial charge in [0.15, 0.2) is 11.6 Å². The number of halogens is 2. The Balaban J connectivity index is 1.51. The smallest absolute Gasteiger partial charge is 0.322 e. The Morgan fingerprint density at radius 2 is 2.05 bits per heavy atom. The number of amides is 3. The average Bonchev–Trinajstić information content (AvgIpc) is 3.36. The molecule has 3 aromatic rings. The molecule has 3 amide bonds. The fraction of sp³-hybridized carbons (Fsp3) is 0.357. The Labute approximate surface area is 226 Å². The lowest BCUT2D eigenvalue weighted by Crippen LogP contribution is -2.49. The number of anilines is 1. The number of thiophene rings is 1. The molecule has 0 fully saturated rings. The minimum atomic E-state index is -0.445. The molecule has 0 radical (unpaired) electrons. The number of benzene rings is 2. The zero-order valence-corrected chi connectivity index (χ0v) is 22.5. The maximum Gasteiger partial charge on any atom is 0.322 e. The van der Waals surface area contributed by atoms with Crippen molar-refractivity contribution in [2.75, 3.05) is 31.6 Å². The normalized spacial score (nSPS) is 15.6. The number of rotatable bonds is 9. The van der Waals surface area contributed by atoms with E-state index in [-0.39, 0.29) is 42.8 Å². The second-order valence-corrected chi connectivity index (χ2v) is 10.7. The molecule has 1 aliphatic heterocycles. The van der Waals surface area contributed by atoms with E-state index >= 15 is 0 Å². The SMILES string of the molecule is CC[C@@H](C)CN(CC(=O)N1CCc2sccc2[C@H]1COc1ccccc1F)C(=O)Nc1cccc(Cl)c1. The summed E-state index contributed by atoms with van der Waals surface area (Å²) in [6.07, 6.45) is 1.60. The third kappa shape index (κ3) is 6.81. The van der Waals surface area contributed by atoms with Crippen LogP contribution in [0.3, 0.4) is 0 Å².